The number of hydrogen-bond acceptors (Lipinski definition) is 2. The number of benzene rings is 1. The Morgan fingerprint density at radius 1 is 1.24 bits per heavy atom. The van der Waals surface area contributed by atoms with E-state index in [1.165, 1.54) is 6.07 Å². The second kappa shape index (κ2) is 9.83. The van der Waals surface area contributed by atoms with Crippen LogP contribution in [0.4, 0.5) is 4.39 Å². The molecular weight excluding hydrogens is 414 g/mol. The highest BCUT2D eigenvalue weighted by Gasteiger charge is 2.35. The molecule has 0 bridgehead atoms. The third-order valence-corrected chi connectivity index (χ3v) is 6.28. The molecule has 0 radical (unpaired) electrons. The molecule has 0 spiro atoms. The molecule has 0 atom stereocenters. The molecule has 1 saturated heterocycles. The van der Waals surface area contributed by atoms with Crippen molar-refractivity contribution >= 4 is 29.2 Å². The van der Waals surface area contributed by atoms with Crippen LogP contribution >= 0.6 is 23.2 Å². The first-order chi connectivity index (χ1) is 13.9. The van der Waals surface area contributed by atoms with Gasteiger partial charge in [-0.2, -0.15) is 0 Å². The Morgan fingerprint density at radius 3 is 2.62 bits per heavy atom. The maximum Gasteiger partial charge on any atom is 0.191 e. The molecule has 1 aliphatic heterocycles. The molecule has 0 saturated carbocycles. The Bertz CT molecular complexity index is 862. The minimum atomic E-state index is -0.216. The highest BCUT2D eigenvalue weighted by Crippen LogP contribution is 2.34. The molecule has 5 nitrogen and oxygen atoms in total. The number of aromatic nitrogens is 1. The first kappa shape index (κ1) is 21.9. The predicted molar refractivity (Wildman–Crippen MR) is 116 cm³/mol. The first-order valence-electron chi connectivity index (χ1n) is 9.81. The summed E-state index contributed by atoms with van der Waals surface area (Å²) >= 11 is 12.2. The van der Waals surface area contributed by atoms with Gasteiger partial charge in [-0.3, -0.25) is 0 Å². The largest absolute Gasteiger partial charge is 0.381 e. The molecule has 8 heteroatoms. The molecule has 0 unspecified atom stereocenters. The molecule has 0 aliphatic carbocycles. The van der Waals surface area contributed by atoms with Gasteiger partial charge in [-0.15, -0.1) is 0 Å². The average molecular weight is 441 g/mol. The molecule has 29 heavy (non-hydrogen) atoms. The van der Waals surface area contributed by atoms with Gasteiger partial charge < -0.3 is 19.9 Å². The second-order valence-corrected chi connectivity index (χ2v) is 8.05. The van der Waals surface area contributed by atoms with Crippen LogP contribution in [-0.4, -0.2) is 36.8 Å². The van der Waals surface area contributed by atoms with E-state index in [1.54, 1.807) is 12.1 Å². The number of nitrogens with one attached hydrogen (secondary N) is 2. The van der Waals surface area contributed by atoms with Crippen molar-refractivity contribution in [3.05, 3.63) is 57.6 Å². The summed E-state index contributed by atoms with van der Waals surface area (Å²) in [6, 6.07) is 8.69. The molecule has 0 amide bonds. The monoisotopic (exact) mass is 440 g/mol. The fourth-order valence-electron chi connectivity index (χ4n) is 3.64. The van der Waals surface area contributed by atoms with Gasteiger partial charge in [0.15, 0.2) is 5.96 Å². The van der Waals surface area contributed by atoms with Gasteiger partial charge in [0.05, 0.1) is 11.6 Å². The van der Waals surface area contributed by atoms with Crippen molar-refractivity contribution in [1.82, 2.24) is 15.2 Å². The van der Waals surface area contributed by atoms with Crippen LogP contribution in [0.25, 0.3) is 0 Å². The van der Waals surface area contributed by atoms with Crippen molar-refractivity contribution in [3.8, 4) is 0 Å². The summed E-state index contributed by atoms with van der Waals surface area (Å²) in [7, 11) is 1.86. The lowest BCUT2D eigenvalue weighted by Crippen LogP contribution is -2.48. The van der Waals surface area contributed by atoms with Crippen LogP contribution in [0.1, 0.15) is 31.0 Å². The van der Waals surface area contributed by atoms with Crippen molar-refractivity contribution < 1.29 is 9.13 Å². The van der Waals surface area contributed by atoms with Gasteiger partial charge in [-0.05, 0) is 43.5 Å². The van der Waals surface area contributed by atoms with Crippen LogP contribution < -0.4 is 10.6 Å². The SMILES string of the molecule is CCNC(=NCc1cc(Cl)c(Cl)n1C)NCC1(c2cccc(F)c2)CCOCC1. The normalized spacial score (nSPS) is 16.7. The quantitative estimate of drug-likeness (QED) is 0.520. The van der Waals surface area contributed by atoms with E-state index in [4.69, 9.17) is 27.9 Å². The second-order valence-electron chi connectivity index (χ2n) is 7.29. The smallest absolute Gasteiger partial charge is 0.191 e. The van der Waals surface area contributed by atoms with E-state index in [-0.39, 0.29) is 11.2 Å². The lowest BCUT2D eigenvalue weighted by atomic mass is 9.74. The van der Waals surface area contributed by atoms with Crippen LogP contribution in [0.3, 0.4) is 0 Å². The van der Waals surface area contributed by atoms with Gasteiger partial charge in [0.2, 0.25) is 0 Å². The van der Waals surface area contributed by atoms with Crippen molar-refractivity contribution in [2.45, 2.75) is 31.7 Å². The zero-order chi connectivity index (χ0) is 20.9. The van der Waals surface area contributed by atoms with Crippen LogP contribution in [0, 0.1) is 5.82 Å². The van der Waals surface area contributed by atoms with Gasteiger partial charge in [-0.1, -0.05) is 35.3 Å². The summed E-state index contributed by atoms with van der Waals surface area (Å²) in [5.74, 6) is 0.481. The Kier molecular flexibility index (Phi) is 7.44. The summed E-state index contributed by atoms with van der Waals surface area (Å²) in [6.45, 7) is 5.15. The molecule has 1 aromatic heterocycles. The lowest BCUT2D eigenvalue weighted by molar-refractivity contribution is 0.0513. The van der Waals surface area contributed by atoms with Gasteiger partial charge in [0.1, 0.15) is 11.0 Å². The molecule has 158 valence electrons. The molecular formula is C21H27Cl2FN4O. The van der Waals surface area contributed by atoms with Crippen molar-refractivity contribution in [2.75, 3.05) is 26.3 Å². The van der Waals surface area contributed by atoms with Crippen LogP contribution in [0.15, 0.2) is 35.3 Å². The summed E-state index contributed by atoms with van der Waals surface area (Å²) < 4.78 is 21.3. The number of halogens is 3. The minimum Gasteiger partial charge on any atom is -0.381 e. The van der Waals surface area contributed by atoms with Crippen LogP contribution in [0.2, 0.25) is 10.2 Å². The van der Waals surface area contributed by atoms with E-state index in [0.717, 1.165) is 30.6 Å². The highest BCUT2D eigenvalue weighted by atomic mass is 35.5. The van der Waals surface area contributed by atoms with E-state index < -0.39 is 0 Å². The number of hydrogen-bond donors (Lipinski definition) is 2. The van der Waals surface area contributed by atoms with E-state index in [1.807, 2.05) is 30.7 Å². The maximum atomic E-state index is 13.9. The molecule has 2 N–H and O–H groups in total. The van der Waals surface area contributed by atoms with Crippen molar-refractivity contribution in [3.63, 3.8) is 0 Å². The Morgan fingerprint density at radius 2 is 2.00 bits per heavy atom. The maximum absolute atomic E-state index is 13.9. The van der Waals surface area contributed by atoms with Gasteiger partial charge >= 0.3 is 0 Å². The van der Waals surface area contributed by atoms with Gasteiger partial charge in [-0.25, -0.2) is 9.38 Å². The first-order valence-corrected chi connectivity index (χ1v) is 10.6. The molecule has 1 aromatic carbocycles. The Balaban J connectivity index is 1.77. The van der Waals surface area contributed by atoms with Crippen LogP contribution in [0.5, 0.6) is 0 Å². The van der Waals surface area contributed by atoms with E-state index in [2.05, 4.69) is 15.6 Å². The number of ether oxygens (including phenoxy) is 1. The van der Waals surface area contributed by atoms with Gasteiger partial charge in [0.25, 0.3) is 0 Å². The fraction of sp³-hybridized carbons (Fsp3) is 0.476. The van der Waals surface area contributed by atoms with Crippen molar-refractivity contribution in [1.29, 1.82) is 0 Å². The summed E-state index contributed by atoms with van der Waals surface area (Å²) in [5, 5.41) is 7.74. The lowest BCUT2D eigenvalue weighted by Gasteiger charge is -2.38. The third kappa shape index (κ3) is 5.24. The Labute approximate surface area is 181 Å². The topological polar surface area (TPSA) is 50.6 Å². The van der Waals surface area contributed by atoms with Crippen LogP contribution in [-0.2, 0) is 23.7 Å². The van der Waals surface area contributed by atoms with E-state index >= 15 is 0 Å². The minimum absolute atomic E-state index is 0.200. The zero-order valence-corrected chi connectivity index (χ0v) is 18.3. The van der Waals surface area contributed by atoms with E-state index in [0.29, 0.717) is 42.4 Å². The third-order valence-electron chi connectivity index (χ3n) is 5.44. The molecule has 2 aromatic rings. The summed E-state index contributed by atoms with van der Waals surface area (Å²) in [5.41, 5.74) is 1.71. The summed E-state index contributed by atoms with van der Waals surface area (Å²) in [4.78, 5) is 4.68. The highest BCUT2D eigenvalue weighted by molar-refractivity contribution is 6.41. The Hall–Kier alpha value is -1.76. The molecule has 3 rings (SSSR count). The average Bonchev–Trinajstić information content (AvgIpc) is 2.97. The zero-order valence-electron chi connectivity index (χ0n) is 16.8. The number of nitrogens with zero attached hydrogens (tertiary/aromatic N) is 2. The van der Waals surface area contributed by atoms with Crippen molar-refractivity contribution in [2.24, 2.45) is 12.0 Å². The van der Waals surface area contributed by atoms with Gasteiger partial charge in [0, 0.05) is 44.5 Å². The predicted octanol–water partition coefficient (Wildman–Crippen LogP) is 4.27. The fourth-order valence-corrected chi connectivity index (χ4v) is 4.06. The number of rotatable bonds is 6. The molecule has 1 fully saturated rings. The molecule has 1 aliphatic rings. The van der Waals surface area contributed by atoms with E-state index in [9.17, 15) is 4.39 Å². The molecule has 2 heterocycles. The standard InChI is InChI=1S/C21H27Cl2FN4O/c1-3-25-20(26-13-17-12-18(22)19(23)28(17)2)27-14-21(7-9-29-10-8-21)15-5-4-6-16(24)11-15/h4-6,11-12H,3,7-10,13-14H2,1-2H3,(H2,25,26,27). The number of aliphatic imine (C=N–C) groups is 1. The summed E-state index contributed by atoms with van der Waals surface area (Å²) in [6.07, 6.45) is 1.65. The number of guanidine groups is 1.